The summed E-state index contributed by atoms with van der Waals surface area (Å²) < 4.78 is 57.9. The molecule has 150 valence electrons. The van der Waals surface area contributed by atoms with Crippen LogP contribution in [0.4, 0.5) is 14.5 Å². The van der Waals surface area contributed by atoms with E-state index in [1.165, 1.54) is 50.2 Å². The smallest absolute Gasteiger partial charge is 0.338 e. The van der Waals surface area contributed by atoms with Gasteiger partial charge in [-0.3, -0.25) is 9.52 Å². The summed E-state index contributed by atoms with van der Waals surface area (Å²) >= 11 is 0. The van der Waals surface area contributed by atoms with Gasteiger partial charge in [0.1, 0.15) is 0 Å². The molecule has 1 amide bonds. The molecular formula is C18H18F2N2O5S. The fourth-order valence-electron chi connectivity index (χ4n) is 2.18. The highest BCUT2D eigenvalue weighted by Crippen LogP contribution is 2.19. The SMILES string of the molecule is C[C@H](OC(=O)c1ccc(NS(=O)(=O)c2ccc(F)c(F)c2)cc1)C(=O)N(C)C. The van der Waals surface area contributed by atoms with E-state index in [2.05, 4.69) is 4.72 Å². The van der Waals surface area contributed by atoms with Crippen LogP contribution in [0.25, 0.3) is 0 Å². The molecule has 28 heavy (non-hydrogen) atoms. The lowest BCUT2D eigenvalue weighted by Crippen LogP contribution is -2.34. The number of nitrogens with one attached hydrogen (secondary N) is 1. The van der Waals surface area contributed by atoms with Gasteiger partial charge in [-0.15, -0.1) is 0 Å². The molecule has 0 heterocycles. The first-order valence-electron chi connectivity index (χ1n) is 8.01. The summed E-state index contributed by atoms with van der Waals surface area (Å²) in [5.41, 5.74) is 0.202. The second-order valence-corrected chi connectivity index (χ2v) is 7.72. The fourth-order valence-corrected chi connectivity index (χ4v) is 3.25. The number of halogens is 2. The Bertz CT molecular complexity index is 992. The van der Waals surface area contributed by atoms with Gasteiger partial charge in [0.2, 0.25) is 0 Å². The van der Waals surface area contributed by atoms with Crippen molar-refractivity contribution >= 4 is 27.6 Å². The third-order valence-electron chi connectivity index (χ3n) is 3.65. The van der Waals surface area contributed by atoms with Crippen molar-refractivity contribution in [3.8, 4) is 0 Å². The Balaban J connectivity index is 2.10. The van der Waals surface area contributed by atoms with Gasteiger partial charge >= 0.3 is 5.97 Å². The third-order valence-corrected chi connectivity index (χ3v) is 5.03. The maximum atomic E-state index is 13.3. The predicted molar refractivity (Wildman–Crippen MR) is 97.2 cm³/mol. The normalized spacial score (nSPS) is 12.2. The van der Waals surface area contributed by atoms with Crippen LogP contribution in [0.2, 0.25) is 0 Å². The van der Waals surface area contributed by atoms with Gasteiger partial charge in [-0.05, 0) is 49.4 Å². The largest absolute Gasteiger partial charge is 0.449 e. The molecule has 0 aliphatic carbocycles. The first-order chi connectivity index (χ1) is 13.0. The standard InChI is InChI=1S/C18H18F2N2O5S/c1-11(17(23)22(2)3)27-18(24)12-4-6-13(7-5-12)21-28(25,26)14-8-9-15(19)16(20)10-14/h4-11,21H,1-3H3/t11-/m0/s1. The number of rotatable bonds is 6. The molecule has 2 aromatic rings. The van der Waals surface area contributed by atoms with Gasteiger partial charge in [-0.2, -0.15) is 0 Å². The van der Waals surface area contributed by atoms with Crippen molar-refractivity contribution in [2.24, 2.45) is 0 Å². The highest BCUT2D eigenvalue weighted by atomic mass is 32.2. The summed E-state index contributed by atoms with van der Waals surface area (Å²) in [4.78, 5) is 24.6. The lowest BCUT2D eigenvalue weighted by atomic mass is 10.2. The van der Waals surface area contributed by atoms with Gasteiger partial charge in [-0.1, -0.05) is 0 Å². The van der Waals surface area contributed by atoms with Crippen LogP contribution in [0.5, 0.6) is 0 Å². The van der Waals surface area contributed by atoms with E-state index in [0.717, 1.165) is 6.07 Å². The minimum absolute atomic E-state index is 0.0960. The number of esters is 1. The van der Waals surface area contributed by atoms with Crippen LogP contribution in [0.1, 0.15) is 17.3 Å². The van der Waals surface area contributed by atoms with Crippen LogP contribution in [-0.4, -0.2) is 45.4 Å². The minimum Gasteiger partial charge on any atom is -0.449 e. The van der Waals surface area contributed by atoms with Gasteiger partial charge in [-0.25, -0.2) is 22.0 Å². The molecule has 7 nitrogen and oxygen atoms in total. The van der Waals surface area contributed by atoms with Crippen molar-refractivity contribution in [1.29, 1.82) is 0 Å². The summed E-state index contributed by atoms with van der Waals surface area (Å²) in [6.45, 7) is 1.44. The number of carbonyl (C=O) groups excluding carboxylic acids is 2. The molecule has 0 bridgehead atoms. The lowest BCUT2D eigenvalue weighted by molar-refractivity contribution is -0.137. The Kier molecular flexibility index (Phi) is 6.34. The van der Waals surface area contributed by atoms with Crippen molar-refractivity contribution in [2.45, 2.75) is 17.9 Å². The van der Waals surface area contributed by atoms with Crippen LogP contribution in [0.15, 0.2) is 47.4 Å². The number of nitrogens with zero attached hydrogens (tertiary/aromatic N) is 1. The van der Waals surface area contributed by atoms with Crippen molar-refractivity contribution in [3.05, 3.63) is 59.7 Å². The van der Waals surface area contributed by atoms with Crippen molar-refractivity contribution < 1.29 is 31.5 Å². The van der Waals surface area contributed by atoms with Gasteiger partial charge in [0.05, 0.1) is 10.5 Å². The second kappa shape index (κ2) is 8.34. The molecule has 0 aliphatic rings. The van der Waals surface area contributed by atoms with Crippen LogP contribution >= 0.6 is 0 Å². The van der Waals surface area contributed by atoms with Crippen LogP contribution in [0.3, 0.4) is 0 Å². The van der Waals surface area contributed by atoms with Crippen LogP contribution < -0.4 is 4.72 Å². The Morgan fingerprint density at radius 1 is 1.04 bits per heavy atom. The maximum absolute atomic E-state index is 13.3. The molecule has 2 aromatic carbocycles. The van der Waals surface area contributed by atoms with E-state index < -0.39 is 38.6 Å². The van der Waals surface area contributed by atoms with E-state index in [-0.39, 0.29) is 17.2 Å². The van der Waals surface area contributed by atoms with E-state index >= 15 is 0 Å². The fraction of sp³-hybridized carbons (Fsp3) is 0.222. The molecule has 1 N–H and O–H groups in total. The number of amides is 1. The minimum atomic E-state index is -4.15. The second-order valence-electron chi connectivity index (χ2n) is 6.04. The quantitative estimate of drug-likeness (QED) is 0.736. The maximum Gasteiger partial charge on any atom is 0.338 e. The Morgan fingerprint density at radius 3 is 2.18 bits per heavy atom. The predicted octanol–water partition coefficient (Wildman–Crippen LogP) is 2.40. The number of likely N-dealkylation sites (N-methyl/N-ethyl adjacent to an activating group) is 1. The molecule has 0 aliphatic heterocycles. The third kappa shape index (κ3) is 5.03. The zero-order valence-electron chi connectivity index (χ0n) is 15.3. The molecule has 2 rings (SSSR count). The summed E-state index contributed by atoms with van der Waals surface area (Å²) in [5.74, 6) is -3.59. The molecule has 10 heteroatoms. The first kappa shape index (κ1) is 21.3. The van der Waals surface area contributed by atoms with E-state index in [9.17, 15) is 26.8 Å². The molecule has 0 aromatic heterocycles. The molecule has 0 radical (unpaired) electrons. The zero-order valence-corrected chi connectivity index (χ0v) is 16.1. The Morgan fingerprint density at radius 2 is 1.64 bits per heavy atom. The summed E-state index contributed by atoms with van der Waals surface area (Å²) in [6.07, 6.45) is -0.978. The van der Waals surface area contributed by atoms with Crippen molar-refractivity contribution in [3.63, 3.8) is 0 Å². The molecule has 1 atom stereocenters. The van der Waals surface area contributed by atoms with E-state index in [0.29, 0.717) is 12.1 Å². The molecule has 0 saturated carbocycles. The summed E-state index contributed by atoms with van der Waals surface area (Å²) in [7, 11) is -1.09. The summed E-state index contributed by atoms with van der Waals surface area (Å²) in [6, 6.07) is 7.40. The average molecular weight is 412 g/mol. The molecule has 0 spiro atoms. The van der Waals surface area contributed by atoms with E-state index in [1.807, 2.05) is 0 Å². The molecule has 0 unspecified atom stereocenters. The average Bonchev–Trinajstić information content (AvgIpc) is 2.63. The number of benzene rings is 2. The number of hydrogen-bond donors (Lipinski definition) is 1. The highest BCUT2D eigenvalue weighted by molar-refractivity contribution is 7.92. The number of hydrogen-bond acceptors (Lipinski definition) is 5. The molecule has 0 fully saturated rings. The number of sulfonamides is 1. The van der Waals surface area contributed by atoms with Gasteiger partial charge in [0.15, 0.2) is 17.7 Å². The zero-order chi connectivity index (χ0) is 21.1. The highest BCUT2D eigenvalue weighted by Gasteiger charge is 2.21. The van der Waals surface area contributed by atoms with E-state index in [1.54, 1.807) is 0 Å². The Labute approximate surface area is 161 Å². The van der Waals surface area contributed by atoms with Gasteiger partial charge < -0.3 is 9.64 Å². The number of carbonyl (C=O) groups is 2. The van der Waals surface area contributed by atoms with Crippen LogP contribution in [0, 0.1) is 11.6 Å². The topological polar surface area (TPSA) is 92.8 Å². The van der Waals surface area contributed by atoms with Gasteiger partial charge in [0.25, 0.3) is 15.9 Å². The first-order valence-corrected chi connectivity index (χ1v) is 9.49. The van der Waals surface area contributed by atoms with Crippen molar-refractivity contribution in [1.82, 2.24) is 4.90 Å². The summed E-state index contributed by atoms with van der Waals surface area (Å²) in [5, 5.41) is 0. The molecule has 0 saturated heterocycles. The number of anilines is 1. The monoisotopic (exact) mass is 412 g/mol. The van der Waals surface area contributed by atoms with Crippen LogP contribution in [-0.2, 0) is 19.6 Å². The Hall–Kier alpha value is -3.01. The molecular weight excluding hydrogens is 394 g/mol. The van der Waals surface area contributed by atoms with E-state index in [4.69, 9.17) is 4.74 Å². The number of ether oxygens (including phenoxy) is 1. The van der Waals surface area contributed by atoms with Crippen molar-refractivity contribution in [2.75, 3.05) is 18.8 Å². The van der Waals surface area contributed by atoms with Gasteiger partial charge in [0, 0.05) is 19.8 Å². The lowest BCUT2D eigenvalue weighted by Gasteiger charge is -2.17.